The van der Waals surface area contributed by atoms with Gasteiger partial charge in [-0.3, -0.25) is 25.8 Å². The lowest BCUT2D eigenvalue weighted by Gasteiger charge is -2.13. The van der Waals surface area contributed by atoms with Crippen LogP contribution in [0.4, 0.5) is 0 Å². The van der Waals surface area contributed by atoms with Gasteiger partial charge in [0.2, 0.25) is 0 Å². The average molecular weight is 392 g/mol. The van der Waals surface area contributed by atoms with Crippen molar-refractivity contribution >= 4 is 40.7 Å². The van der Waals surface area contributed by atoms with Crippen molar-refractivity contribution in [1.29, 1.82) is 0 Å². The van der Waals surface area contributed by atoms with Gasteiger partial charge < -0.3 is 4.74 Å². The van der Waals surface area contributed by atoms with E-state index in [4.69, 9.17) is 28.6 Å². The van der Waals surface area contributed by atoms with E-state index in [9.17, 15) is 9.59 Å². The standard InChI is InChI=1S/C18H18ClN3O3S/c1-2-11-25-15-10-6-4-8-13(15)16(23)20-18(26)22-21-17(24)12-7-3-5-9-14(12)19/h3-10H,2,11H2,1H3,(H,21,24)(H2,20,22,23,26). The fraction of sp³-hybridized carbons (Fsp3) is 0.167. The third-order valence-electron chi connectivity index (χ3n) is 3.23. The number of amides is 2. The molecule has 0 heterocycles. The predicted molar refractivity (Wildman–Crippen MR) is 104 cm³/mol. The van der Waals surface area contributed by atoms with Crippen molar-refractivity contribution in [1.82, 2.24) is 16.2 Å². The first-order valence-electron chi connectivity index (χ1n) is 7.91. The summed E-state index contributed by atoms with van der Waals surface area (Å²) in [4.78, 5) is 24.4. The molecule has 2 aromatic rings. The molecule has 0 bridgehead atoms. The van der Waals surface area contributed by atoms with Crippen molar-refractivity contribution in [2.24, 2.45) is 0 Å². The highest BCUT2D eigenvalue weighted by atomic mass is 35.5. The average Bonchev–Trinajstić information content (AvgIpc) is 2.65. The summed E-state index contributed by atoms with van der Waals surface area (Å²) >= 11 is 11.0. The molecule has 0 aliphatic heterocycles. The summed E-state index contributed by atoms with van der Waals surface area (Å²) in [6.07, 6.45) is 0.823. The summed E-state index contributed by atoms with van der Waals surface area (Å²) in [7, 11) is 0. The molecule has 0 fully saturated rings. The number of carbonyl (C=O) groups excluding carboxylic acids is 2. The van der Waals surface area contributed by atoms with Crippen LogP contribution in [0.15, 0.2) is 48.5 Å². The van der Waals surface area contributed by atoms with Gasteiger partial charge in [0, 0.05) is 0 Å². The number of carbonyl (C=O) groups is 2. The zero-order chi connectivity index (χ0) is 18.9. The molecule has 26 heavy (non-hydrogen) atoms. The van der Waals surface area contributed by atoms with Gasteiger partial charge in [0.05, 0.1) is 22.8 Å². The van der Waals surface area contributed by atoms with Gasteiger partial charge in [0.25, 0.3) is 11.8 Å². The van der Waals surface area contributed by atoms with E-state index >= 15 is 0 Å². The molecular formula is C18H18ClN3O3S. The summed E-state index contributed by atoms with van der Waals surface area (Å²) in [5.74, 6) is -0.449. The summed E-state index contributed by atoms with van der Waals surface area (Å²) in [5.41, 5.74) is 5.49. The van der Waals surface area contributed by atoms with Crippen LogP contribution < -0.4 is 20.9 Å². The SMILES string of the molecule is CCCOc1ccccc1C(=O)NC(=S)NNC(=O)c1ccccc1Cl. The summed E-state index contributed by atoms with van der Waals surface area (Å²) in [5, 5.41) is 2.74. The first kappa shape index (κ1) is 19.7. The number of hydrogen-bond donors (Lipinski definition) is 3. The maximum atomic E-state index is 12.4. The van der Waals surface area contributed by atoms with Crippen LogP contribution in [0.1, 0.15) is 34.1 Å². The molecule has 2 aromatic carbocycles. The van der Waals surface area contributed by atoms with E-state index in [2.05, 4.69) is 16.2 Å². The highest BCUT2D eigenvalue weighted by Crippen LogP contribution is 2.18. The van der Waals surface area contributed by atoms with Gasteiger partial charge in [-0.25, -0.2) is 0 Å². The Morgan fingerprint density at radius 3 is 2.35 bits per heavy atom. The smallest absolute Gasteiger partial charge is 0.271 e. The van der Waals surface area contributed by atoms with Crippen molar-refractivity contribution < 1.29 is 14.3 Å². The van der Waals surface area contributed by atoms with E-state index in [1.54, 1.807) is 48.5 Å². The molecule has 0 aliphatic carbocycles. The van der Waals surface area contributed by atoms with Gasteiger partial charge >= 0.3 is 0 Å². The molecule has 3 N–H and O–H groups in total. The zero-order valence-corrected chi connectivity index (χ0v) is 15.6. The zero-order valence-electron chi connectivity index (χ0n) is 14.0. The normalized spacial score (nSPS) is 9.92. The minimum Gasteiger partial charge on any atom is -0.493 e. The molecule has 0 aliphatic rings. The lowest BCUT2D eigenvalue weighted by Crippen LogP contribution is -2.48. The first-order chi connectivity index (χ1) is 12.5. The van der Waals surface area contributed by atoms with Crippen molar-refractivity contribution in [2.45, 2.75) is 13.3 Å². The Morgan fingerprint density at radius 1 is 1.00 bits per heavy atom. The number of ether oxygens (including phenoxy) is 1. The minimum atomic E-state index is -0.473. The predicted octanol–water partition coefficient (Wildman–Crippen LogP) is 3.08. The van der Waals surface area contributed by atoms with Crippen LogP contribution in [0.5, 0.6) is 5.75 Å². The van der Waals surface area contributed by atoms with Crippen LogP contribution in [0.25, 0.3) is 0 Å². The van der Waals surface area contributed by atoms with Crippen molar-refractivity contribution in [3.63, 3.8) is 0 Å². The van der Waals surface area contributed by atoms with E-state index in [0.717, 1.165) is 6.42 Å². The third kappa shape index (κ3) is 5.44. The number of para-hydroxylation sites is 1. The number of thiocarbonyl (C=S) groups is 1. The van der Waals surface area contributed by atoms with Crippen molar-refractivity contribution in [3.8, 4) is 5.75 Å². The van der Waals surface area contributed by atoms with E-state index < -0.39 is 11.8 Å². The molecule has 8 heteroatoms. The Morgan fingerprint density at radius 2 is 1.65 bits per heavy atom. The number of halogens is 1. The fourth-order valence-corrected chi connectivity index (χ4v) is 2.39. The van der Waals surface area contributed by atoms with Crippen molar-refractivity contribution in [2.75, 3.05) is 6.61 Å². The van der Waals surface area contributed by atoms with E-state index in [-0.39, 0.29) is 10.7 Å². The molecule has 0 saturated carbocycles. The van der Waals surface area contributed by atoms with Crippen LogP contribution in [-0.4, -0.2) is 23.5 Å². The summed E-state index contributed by atoms with van der Waals surface area (Å²) < 4.78 is 5.55. The van der Waals surface area contributed by atoms with E-state index in [0.29, 0.717) is 22.9 Å². The van der Waals surface area contributed by atoms with Crippen LogP contribution in [0.2, 0.25) is 5.02 Å². The summed E-state index contributed by atoms with van der Waals surface area (Å²) in [6, 6.07) is 13.4. The molecule has 136 valence electrons. The highest BCUT2D eigenvalue weighted by molar-refractivity contribution is 7.80. The fourth-order valence-electron chi connectivity index (χ4n) is 2.02. The number of rotatable bonds is 5. The second-order valence-corrected chi connectivity index (χ2v) is 6.00. The topological polar surface area (TPSA) is 79.5 Å². The van der Waals surface area contributed by atoms with Gasteiger partial charge in [-0.15, -0.1) is 0 Å². The van der Waals surface area contributed by atoms with Gasteiger partial charge in [0.1, 0.15) is 5.75 Å². The Labute approximate surface area is 161 Å². The Balaban J connectivity index is 1.93. The molecule has 0 aromatic heterocycles. The van der Waals surface area contributed by atoms with Crippen molar-refractivity contribution in [3.05, 3.63) is 64.7 Å². The maximum Gasteiger partial charge on any atom is 0.271 e. The van der Waals surface area contributed by atoms with Crippen LogP contribution in [-0.2, 0) is 0 Å². The number of hydrogen-bond acceptors (Lipinski definition) is 4. The number of hydrazine groups is 1. The van der Waals surface area contributed by atoms with E-state index in [1.807, 2.05) is 6.92 Å². The third-order valence-corrected chi connectivity index (χ3v) is 3.76. The number of nitrogens with one attached hydrogen (secondary N) is 3. The van der Waals surface area contributed by atoms with E-state index in [1.165, 1.54) is 0 Å². The monoisotopic (exact) mass is 391 g/mol. The Bertz CT molecular complexity index is 814. The largest absolute Gasteiger partial charge is 0.493 e. The first-order valence-corrected chi connectivity index (χ1v) is 8.69. The molecule has 0 spiro atoms. The maximum absolute atomic E-state index is 12.4. The van der Waals surface area contributed by atoms with Crippen LogP contribution in [0.3, 0.4) is 0 Å². The molecule has 0 unspecified atom stereocenters. The van der Waals surface area contributed by atoms with Crippen LogP contribution >= 0.6 is 23.8 Å². The van der Waals surface area contributed by atoms with Crippen LogP contribution in [0, 0.1) is 0 Å². The van der Waals surface area contributed by atoms with Gasteiger partial charge in [-0.05, 0) is 42.9 Å². The molecular weight excluding hydrogens is 374 g/mol. The van der Waals surface area contributed by atoms with Gasteiger partial charge in [-0.2, -0.15) is 0 Å². The molecule has 2 rings (SSSR count). The molecule has 0 atom stereocenters. The second-order valence-electron chi connectivity index (χ2n) is 5.19. The lowest BCUT2D eigenvalue weighted by atomic mass is 10.2. The second kappa shape index (κ2) is 9.74. The quantitative estimate of drug-likeness (QED) is 0.539. The molecule has 0 saturated heterocycles. The Kier molecular flexibility index (Phi) is 7.37. The highest BCUT2D eigenvalue weighted by Gasteiger charge is 2.14. The van der Waals surface area contributed by atoms with Gasteiger partial charge in [0.15, 0.2) is 5.11 Å². The molecule has 6 nitrogen and oxygen atoms in total. The van der Waals surface area contributed by atoms with Gasteiger partial charge in [-0.1, -0.05) is 42.8 Å². The Hall–Kier alpha value is -2.64. The molecule has 2 amide bonds. The molecule has 0 radical (unpaired) electrons. The minimum absolute atomic E-state index is 0.0549. The summed E-state index contributed by atoms with van der Waals surface area (Å²) in [6.45, 7) is 2.48. The number of benzene rings is 2. The lowest BCUT2D eigenvalue weighted by molar-refractivity contribution is 0.0933.